The molecule has 6 heteroatoms. The van der Waals surface area contributed by atoms with Crippen molar-refractivity contribution in [2.75, 3.05) is 0 Å². The maximum absolute atomic E-state index is 10.8. The van der Waals surface area contributed by atoms with Gasteiger partial charge in [0.2, 0.25) is 0 Å². The van der Waals surface area contributed by atoms with Crippen molar-refractivity contribution in [1.29, 1.82) is 0 Å². The lowest BCUT2D eigenvalue weighted by molar-refractivity contribution is -0.147. The summed E-state index contributed by atoms with van der Waals surface area (Å²) >= 11 is 0. The number of benzene rings is 2. The van der Waals surface area contributed by atoms with Crippen molar-refractivity contribution in [1.82, 2.24) is 0 Å². The fraction of sp³-hybridized carbons (Fsp3) is 0.214. The van der Waals surface area contributed by atoms with E-state index < -0.39 is 18.1 Å². The molecule has 2 atom stereocenters. The summed E-state index contributed by atoms with van der Waals surface area (Å²) in [5.41, 5.74) is 9.28. The van der Waals surface area contributed by atoms with Gasteiger partial charge >= 0.3 is 5.97 Å². The molecule has 0 amide bonds. The second-order valence-corrected chi connectivity index (χ2v) is 4.44. The molecule has 1 unspecified atom stereocenters. The largest absolute Gasteiger partial charge is 0.479 e. The van der Waals surface area contributed by atoms with Crippen LogP contribution in [0.2, 0.25) is 0 Å². The molecule has 0 saturated heterocycles. The van der Waals surface area contributed by atoms with E-state index in [1.807, 2.05) is 42.5 Å². The predicted molar refractivity (Wildman–Crippen MR) is 74.2 cm³/mol. The molecule has 2 N–H and O–H groups in total. The van der Waals surface area contributed by atoms with Crippen LogP contribution in [0.5, 0.6) is 0 Å². The third-order valence-electron chi connectivity index (χ3n) is 3.08. The SMILES string of the molecule is [N-]=[N+]=N[C@H](Cc1ccc2ccccc2c1)C(O)C(=O)O. The number of aliphatic hydroxyl groups is 1. The first kappa shape index (κ1) is 13.9. The van der Waals surface area contributed by atoms with Crippen LogP contribution in [0.4, 0.5) is 0 Å². The van der Waals surface area contributed by atoms with Gasteiger partial charge in [-0.15, -0.1) is 0 Å². The Labute approximate surface area is 114 Å². The summed E-state index contributed by atoms with van der Waals surface area (Å²) in [6.45, 7) is 0. The van der Waals surface area contributed by atoms with Gasteiger partial charge in [-0.05, 0) is 28.3 Å². The Morgan fingerprint density at radius 1 is 1.25 bits per heavy atom. The molecule has 0 radical (unpaired) electrons. The molecule has 2 aromatic rings. The average molecular weight is 271 g/mol. The highest BCUT2D eigenvalue weighted by molar-refractivity contribution is 5.83. The lowest BCUT2D eigenvalue weighted by Crippen LogP contribution is -2.33. The molecule has 0 bridgehead atoms. The van der Waals surface area contributed by atoms with Crippen LogP contribution in [0.25, 0.3) is 21.2 Å². The Kier molecular flexibility index (Phi) is 4.20. The fourth-order valence-corrected chi connectivity index (χ4v) is 2.05. The van der Waals surface area contributed by atoms with E-state index in [2.05, 4.69) is 10.0 Å². The van der Waals surface area contributed by atoms with Gasteiger partial charge in [-0.3, -0.25) is 0 Å². The zero-order valence-electron chi connectivity index (χ0n) is 10.5. The first-order chi connectivity index (χ1) is 9.61. The van der Waals surface area contributed by atoms with Gasteiger partial charge in [0.1, 0.15) is 0 Å². The van der Waals surface area contributed by atoms with Crippen LogP contribution < -0.4 is 0 Å². The van der Waals surface area contributed by atoms with Gasteiger partial charge in [0.15, 0.2) is 6.10 Å². The number of aliphatic hydroxyl groups excluding tert-OH is 1. The van der Waals surface area contributed by atoms with Crippen molar-refractivity contribution in [2.24, 2.45) is 5.11 Å². The molecule has 0 aliphatic carbocycles. The molecule has 0 fully saturated rings. The number of nitrogens with zero attached hydrogens (tertiary/aromatic N) is 3. The number of hydrogen-bond acceptors (Lipinski definition) is 3. The van der Waals surface area contributed by atoms with Crippen molar-refractivity contribution in [2.45, 2.75) is 18.6 Å². The van der Waals surface area contributed by atoms with Gasteiger partial charge in [0.05, 0.1) is 6.04 Å². The van der Waals surface area contributed by atoms with E-state index >= 15 is 0 Å². The highest BCUT2D eigenvalue weighted by Crippen LogP contribution is 2.18. The van der Waals surface area contributed by atoms with Crippen molar-refractivity contribution in [3.8, 4) is 0 Å². The number of carboxylic acid groups (broad SMARTS) is 1. The number of aliphatic carboxylic acids is 1. The zero-order valence-corrected chi connectivity index (χ0v) is 10.5. The quantitative estimate of drug-likeness (QED) is 0.495. The van der Waals surface area contributed by atoms with Crippen molar-refractivity contribution >= 4 is 16.7 Å². The summed E-state index contributed by atoms with van der Waals surface area (Å²) in [5.74, 6) is -1.40. The molecule has 0 spiro atoms. The van der Waals surface area contributed by atoms with Crippen molar-refractivity contribution in [3.63, 3.8) is 0 Å². The number of carboxylic acids is 1. The molecular weight excluding hydrogens is 258 g/mol. The van der Waals surface area contributed by atoms with Crippen LogP contribution in [-0.2, 0) is 11.2 Å². The van der Waals surface area contributed by atoms with E-state index in [9.17, 15) is 9.90 Å². The van der Waals surface area contributed by atoms with Gasteiger partial charge in [-0.2, -0.15) is 0 Å². The molecule has 0 heterocycles. The van der Waals surface area contributed by atoms with Gasteiger partial charge in [-0.25, -0.2) is 4.79 Å². The normalized spacial score (nSPS) is 13.4. The summed E-state index contributed by atoms with van der Waals surface area (Å²) in [5, 5.41) is 23.8. The van der Waals surface area contributed by atoms with Gasteiger partial charge in [0, 0.05) is 4.91 Å². The minimum Gasteiger partial charge on any atom is -0.479 e. The minimum atomic E-state index is -1.71. The summed E-state index contributed by atoms with van der Waals surface area (Å²) in [6, 6.07) is 12.3. The van der Waals surface area contributed by atoms with E-state index in [0.717, 1.165) is 16.3 Å². The minimum absolute atomic E-state index is 0.169. The standard InChI is InChI=1S/C14H13N3O3/c15-17-16-12(13(18)14(19)20)8-9-5-6-10-3-1-2-4-11(10)7-9/h1-7,12-13,18H,8H2,(H,19,20)/t12-,13?/m1/s1. The van der Waals surface area contributed by atoms with Crippen molar-refractivity contribution in [3.05, 3.63) is 58.5 Å². The molecule has 2 aromatic carbocycles. The first-order valence-corrected chi connectivity index (χ1v) is 6.04. The van der Waals surface area contributed by atoms with Crippen LogP contribution >= 0.6 is 0 Å². The van der Waals surface area contributed by atoms with Crippen molar-refractivity contribution < 1.29 is 15.0 Å². The van der Waals surface area contributed by atoms with Crippen LogP contribution in [0.15, 0.2) is 47.6 Å². The second-order valence-electron chi connectivity index (χ2n) is 4.44. The Morgan fingerprint density at radius 3 is 2.60 bits per heavy atom. The average Bonchev–Trinajstić information content (AvgIpc) is 2.46. The molecule has 0 aliphatic heterocycles. The van der Waals surface area contributed by atoms with Crippen LogP contribution in [0, 0.1) is 0 Å². The molecule has 0 aromatic heterocycles. The Balaban J connectivity index is 2.28. The van der Waals surface area contributed by atoms with E-state index in [4.69, 9.17) is 10.6 Å². The molecule has 0 aliphatic rings. The maximum atomic E-state index is 10.8. The lowest BCUT2D eigenvalue weighted by atomic mass is 9.99. The number of carbonyl (C=O) groups is 1. The first-order valence-electron chi connectivity index (χ1n) is 6.04. The Morgan fingerprint density at radius 2 is 1.95 bits per heavy atom. The molecular formula is C14H13N3O3. The predicted octanol–water partition coefficient (Wildman–Crippen LogP) is 2.51. The van der Waals surface area contributed by atoms with E-state index in [1.54, 1.807) is 0 Å². The van der Waals surface area contributed by atoms with E-state index in [-0.39, 0.29) is 6.42 Å². The summed E-state index contributed by atoms with van der Waals surface area (Å²) < 4.78 is 0. The number of azide groups is 1. The third kappa shape index (κ3) is 3.06. The van der Waals surface area contributed by atoms with Crippen LogP contribution in [0.3, 0.4) is 0 Å². The summed E-state index contributed by atoms with van der Waals surface area (Å²) in [4.78, 5) is 13.4. The summed E-state index contributed by atoms with van der Waals surface area (Å²) in [6.07, 6.45) is -1.54. The monoisotopic (exact) mass is 271 g/mol. The highest BCUT2D eigenvalue weighted by Gasteiger charge is 2.24. The maximum Gasteiger partial charge on any atom is 0.332 e. The zero-order chi connectivity index (χ0) is 14.5. The summed E-state index contributed by atoms with van der Waals surface area (Å²) in [7, 11) is 0. The highest BCUT2D eigenvalue weighted by atomic mass is 16.4. The van der Waals surface area contributed by atoms with Gasteiger partial charge < -0.3 is 10.2 Å². The number of hydrogen-bond donors (Lipinski definition) is 2. The third-order valence-corrected chi connectivity index (χ3v) is 3.08. The van der Waals surface area contributed by atoms with Crippen LogP contribution in [0.1, 0.15) is 5.56 Å². The fourth-order valence-electron chi connectivity index (χ4n) is 2.05. The van der Waals surface area contributed by atoms with Gasteiger partial charge in [-0.1, -0.05) is 47.6 Å². The second kappa shape index (κ2) is 6.06. The van der Waals surface area contributed by atoms with Crippen LogP contribution in [-0.4, -0.2) is 28.3 Å². The molecule has 0 saturated carbocycles. The molecule has 20 heavy (non-hydrogen) atoms. The number of rotatable bonds is 5. The van der Waals surface area contributed by atoms with E-state index in [0.29, 0.717) is 0 Å². The number of fused-ring (bicyclic) bond motifs is 1. The van der Waals surface area contributed by atoms with Gasteiger partial charge in [0.25, 0.3) is 0 Å². The van der Waals surface area contributed by atoms with E-state index in [1.165, 1.54) is 0 Å². The molecule has 6 nitrogen and oxygen atoms in total. The Bertz CT molecular complexity index is 680. The smallest absolute Gasteiger partial charge is 0.332 e. The Hall–Kier alpha value is -2.56. The lowest BCUT2D eigenvalue weighted by Gasteiger charge is -2.14. The topological polar surface area (TPSA) is 106 Å². The molecule has 2 rings (SSSR count). The molecule has 102 valence electrons.